The van der Waals surface area contributed by atoms with Gasteiger partial charge in [0.05, 0.1) is 0 Å². The first-order valence-electron chi connectivity index (χ1n) is 6.13. The van der Waals surface area contributed by atoms with Crippen LogP contribution < -0.4 is 0 Å². The zero-order chi connectivity index (χ0) is 13.8. The Hall–Kier alpha value is -1.45. The summed E-state index contributed by atoms with van der Waals surface area (Å²) >= 11 is 0.0339. The zero-order valence-electron chi connectivity index (χ0n) is 11.2. The van der Waals surface area contributed by atoms with Crippen molar-refractivity contribution < 1.29 is 9.53 Å². The zero-order valence-corrected chi connectivity index (χ0v) is 12.9. The first-order valence-corrected chi connectivity index (χ1v) is 7.97. The van der Waals surface area contributed by atoms with Gasteiger partial charge in [-0.3, -0.25) is 0 Å². The Kier molecular flexibility index (Phi) is 4.51. The average molecular weight is 323 g/mol. The van der Waals surface area contributed by atoms with Gasteiger partial charge in [0.1, 0.15) is 0 Å². The fourth-order valence-corrected chi connectivity index (χ4v) is 3.35. The molecular formula is C14H16N2O2Se. The number of para-hydroxylation sites is 1. The van der Waals surface area contributed by atoms with Crippen molar-refractivity contribution >= 4 is 36.3 Å². The number of rotatable bonds is 3. The van der Waals surface area contributed by atoms with Crippen molar-refractivity contribution in [3.8, 4) is 0 Å². The number of nitrogens with zero attached hydrogens (tertiary/aromatic N) is 2. The van der Waals surface area contributed by atoms with Gasteiger partial charge in [-0.2, -0.15) is 0 Å². The summed E-state index contributed by atoms with van der Waals surface area (Å²) in [6.45, 7) is 6.21. The number of aryl methyl sites for hydroxylation is 2. The number of carbonyl (C=O) groups is 1. The topological polar surface area (TPSA) is 51.0 Å². The van der Waals surface area contributed by atoms with E-state index in [2.05, 4.69) is 9.98 Å². The maximum absolute atomic E-state index is 11.8. The van der Waals surface area contributed by atoms with Gasteiger partial charge in [0, 0.05) is 0 Å². The Morgan fingerprint density at radius 3 is 2.74 bits per heavy atom. The van der Waals surface area contributed by atoms with Gasteiger partial charge in [0.25, 0.3) is 0 Å². The second kappa shape index (κ2) is 6.13. The quantitative estimate of drug-likeness (QED) is 0.631. The number of hydrogen-bond donors (Lipinski definition) is 0. The molecule has 0 spiro atoms. The van der Waals surface area contributed by atoms with Crippen molar-refractivity contribution in [3.63, 3.8) is 0 Å². The van der Waals surface area contributed by atoms with Gasteiger partial charge in [0.2, 0.25) is 0 Å². The van der Waals surface area contributed by atoms with Crippen LogP contribution in [0.15, 0.2) is 28.2 Å². The Labute approximate surface area is 119 Å². The third-order valence-electron chi connectivity index (χ3n) is 2.79. The Morgan fingerprint density at radius 1 is 1.42 bits per heavy atom. The predicted octanol–water partition coefficient (Wildman–Crippen LogP) is 2.01. The van der Waals surface area contributed by atoms with E-state index in [4.69, 9.17) is 4.74 Å². The molecule has 1 atom stereocenters. The van der Waals surface area contributed by atoms with Crippen LogP contribution in [0, 0.1) is 13.8 Å². The van der Waals surface area contributed by atoms with E-state index in [9.17, 15) is 4.79 Å². The van der Waals surface area contributed by atoms with Crippen LogP contribution >= 0.6 is 0 Å². The molecule has 5 heteroatoms. The van der Waals surface area contributed by atoms with Gasteiger partial charge in [-0.15, -0.1) is 0 Å². The van der Waals surface area contributed by atoms with Gasteiger partial charge in [0.15, 0.2) is 0 Å². The number of ether oxygens (including phenoxy) is 1. The van der Waals surface area contributed by atoms with Crippen LogP contribution in [0.5, 0.6) is 0 Å². The molecule has 0 saturated carbocycles. The van der Waals surface area contributed by atoms with Gasteiger partial charge in [-0.05, 0) is 0 Å². The molecule has 4 nitrogen and oxygen atoms in total. The van der Waals surface area contributed by atoms with Gasteiger partial charge >= 0.3 is 119 Å². The summed E-state index contributed by atoms with van der Waals surface area (Å²) in [5, 5.41) is 1.79. The molecule has 1 unspecified atom stereocenters. The van der Waals surface area contributed by atoms with E-state index in [0.717, 1.165) is 21.4 Å². The van der Waals surface area contributed by atoms with E-state index in [-0.39, 0.29) is 20.9 Å². The molecular weight excluding hydrogens is 307 g/mol. The van der Waals surface area contributed by atoms with Crippen molar-refractivity contribution in [2.24, 2.45) is 9.98 Å². The summed E-state index contributed by atoms with van der Waals surface area (Å²) in [5.74, 6) is -0.303. The van der Waals surface area contributed by atoms with Crippen molar-refractivity contribution in [3.05, 3.63) is 29.3 Å². The molecule has 0 N–H and O–H groups in total. The van der Waals surface area contributed by atoms with Crippen LogP contribution in [0.1, 0.15) is 18.1 Å². The fourth-order valence-electron chi connectivity index (χ4n) is 1.84. The van der Waals surface area contributed by atoms with E-state index in [1.807, 2.05) is 32.0 Å². The summed E-state index contributed by atoms with van der Waals surface area (Å²) in [6.07, 6.45) is 0. The SMILES string of the molecule is CCOC(=O)C1N=C[Se]C1=Nc1c(C)cccc1C. The monoisotopic (exact) mass is 324 g/mol. The van der Waals surface area contributed by atoms with Crippen LogP contribution in [0.25, 0.3) is 0 Å². The number of carbonyl (C=O) groups excluding carboxylic acids is 1. The number of benzene rings is 1. The van der Waals surface area contributed by atoms with E-state index < -0.39 is 6.04 Å². The van der Waals surface area contributed by atoms with Gasteiger partial charge < -0.3 is 0 Å². The van der Waals surface area contributed by atoms with Crippen LogP contribution in [0.2, 0.25) is 0 Å². The van der Waals surface area contributed by atoms with E-state index >= 15 is 0 Å². The second-order valence-electron chi connectivity index (χ2n) is 4.22. The molecule has 2 rings (SSSR count). The van der Waals surface area contributed by atoms with Crippen molar-refractivity contribution in [2.75, 3.05) is 6.61 Å². The van der Waals surface area contributed by atoms with Crippen molar-refractivity contribution in [1.82, 2.24) is 0 Å². The Morgan fingerprint density at radius 2 is 2.11 bits per heavy atom. The maximum atomic E-state index is 11.8. The van der Waals surface area contributed by atoms with Crippen LogP contribution in [0.4, 0.5) is 5.69 Å². The minimum atomic E-state index is -0.543. The summed E-state index contributed by atoms with van der Waals surface area (Å²) in [6, 6.07) is 5.51. The Balaban J connectivity index is 2.30. The van der Waals surface area contributed by atoms with Crippen LogP contribution in [-0.2, 0) is 9.53 Å². The molecule has 0 bridgehead atoms. The molecule has 100 valence electrons. The predicted molar refractivity (Wildman–Crippen MR) is 77.7 cm³/mol. The molecule has 0 amide bonds. The first kappa shape index (κ1) is 14.0. The molecule has 1 heterocycles. The summed E-state index contributed by atoms with van der Waals surface area (Å²) < 4.78 is 5.85. The van der Waals surface area contributed by atoms with E-state index in [1.54, 1.807) is 12.0 Å². The van der Waals surface area contributed by atoms with Gasteiger partial charge in [-0.25, -0.2) is 0 Å². The third kappa shape index (κ3) is 3.11. The molecule has 1 aliphatic rings. The number of esters is 1. The molecule has 1 aliphatic heterocycles. The van der Waals surface area contributed by atoms with Crippen LogP contribution in [-0.4, -0.2) is 43.3 Å². The van der Waals surface area contributed by atoms with Crippen molar-refractivity contribution in [2.45, 2.75) is 26.8 Å². The number of aliphatic imine (C=N–C) groups is 2. The minimum absolute atomic E-state index is 0.0339. The number of hydrogen-bond acceptors (Lipinski definition) is 4. The van der Waals surface area contributed by atoms with E-state index in [0.29, 0.717) is 6.61 Å². The van der Waals surface area contributed by atoms with E-state index in [1.165, 1.54) is 0 Å². The van der Waals surface area contributed by atoms with Crippen LogP contribution in [0.3, 0.4) is 0 Å². The first-order chi connectivity index (χ1) is 9.13. The van der Waals surface area contributed by atoms with Gasteiger partial charge in [-0.1, -0.05) is 0 Å². The summed E-state index contributed by atoms with van der Waals surface area (Å²) in [7, 11) is 0. The summed E-state index contributed by atoms with van der Waals surface area (Å²) in [4.78, 5) is 20.7. The van der Waals surface area contributed by atoms with Crippen molar-refractivity contribution in [1.29, 1.82) is 0 Å². The standard InChI is InChI=1S/C14H16N2O2Se/c1-4-18-14(17)12-13(19-8-15-12)16-11-9(2)6-5-7-10(11)3/h5-8,12H,4H2,1-3H3. The third-order valence-corrected chi connectivity index (χ3v) is 4.43. The molecule has 0 fully saturated rings. The average Bonchev–Trinajstić information content (AvgIpc) is 2.82. The molecule has 1 aromatic carbocycles. The molecule has 19 heavy (non-hydrogen) atoms. The molecule has 0 aromatic heterocycles. The molecule has 0 aliphatic carbocycles. The molecule has 1 aromatic rings. The Bertz CT molecular complexity index is 532. The molecule has 0 radical (unpaired) electrons. The summed E-state index contributed by atoms with van der Waals surface area (Å²) in [5.41, 5.74) is 3.16. The second-order valence-corrected chi connectivity index (χ2v) is 6.03. The fraction of sp³-hybridized carbons (Fsp3) is 0.357. The molecule has 0 saturated heterocycles. The normalized spacial score (nSPS) is 19.9.